The van der Waals surface area contributed by atoms with Crippen molar-refractivity contribution in [1.82, 2.24) is 0 Å². The molecule has 0 heterocycles. The zero-order chi connectivity index (χ0) is 21.0. The van der Waals surface area contributed by atoms with E-state index in [-0.39, 0.29) is 0 Å². The molecule has 2 atom stereocenters. The van der Waals surface area contributed by atoms with Gasteiger partial charge in [0.25, 0.3) is 0 Å². The molecule has 0 aliphatic rings. The molecule has 0 rings (SSSR count). The second kappa shape index (κ2) is 21.2. The highest BCUT2D eigenvalue weighted by molar-refractivity contribution is 8.77. The largest absolute Gasteiger partial charge is 0.396 e. The van der Waals surface area contributed by atoms with Crippen molar-refractivity contribution in [3.63, 3.8) is 0 Å². The first-order valence-corrected chi connectivity index (χ1v) is 17.0. The normalized spacial score (nSPS) is 14.1. The van der Waals surface area contributed by atoms with Crippen LogP contribution in [0.25, 0.3) is 0 Å². The number of rotatable bonds is 21. The highest BCUT2D eigenvalue weighted by Gasteiger charge is 2.31. The van der Waals surface area contributed by atoms with E-state index in [1.54, 1.807) is 0 Å². The van der Waals surface area contributed by atoms with E-state index in [1.807, 2.05) is 21.6 Å². The van der Waals surface area contributed by atoms with Crippen molar-refractivity contribution >= 4 is 40.2 Å². The summed E-state index contributed by atoms with van der Waals surface area (Å²) in [5.41, 5.74) is 0. The summed E-state index contributed by atoms with van der Waals surface area (Å²) in [7, 11) is 0.676. The van der Waals surface area contributed by atoms with Gasteiger partial charge in [-0.2, -0.15) is 0 Å². The summed E-state index contributed by atoms with van der Waals surface area (Å²) in [5, 5.41) is 0. The van der Waals surface area contributed by atoms with Crippen LogP contribution in [-0.4, -0.2) is 54.7 Å². The van der Waals surface area contributed by atoms with Gasteiger partial charge < -0.3 is 17.7 Å². The van der Waals surface area contributed by atoms with Gasteiger partial charge in [0, 0.05) is 26.4 Å². The Morgan fingerprint density at radius 3 is 1.11 bits per heavy atom. The van der Waals surface area contributed by atoms with Crippen LogP contribution < -0.4 is 0 Å². The Balaban J connectivity index is 5.03. The quantitative estimate of drug-likeness (QED) is 0.117. The third-order valence-corrected chi connectivity index (χ3v) is 15.2. The molecule has 0 saturated carbocycles. The molecule has 0 amide bonds. The van der Waals surface area contributed by atoms with Crippen LogP contribution in [0.3, 0.4) is 0 Å². The first kappa shape index (κ1) is 29.0. The molecule has 28 heavy (non-hydrogen) atoms. The minimum absolute atomic E-state index is 0.489. The fourth-order valence-corrected chi connectivity index (χ4v) is 13.1. The Kier molecular flexibility index (Phi) is 22.0. The average molecular weight is 471 g/mol. The summed E-state index contributed by atoms with van der Waals surface area (Å²) in [5.74, 6) is 0. The van der Waals surface area contributed by atoms with Gasteiger partial charge in [-0.3, -0.25) is 0 Å². The predicted octanol–water partition coefficient (Wildman–Crippen LogP) is 5.93. The second-order valence-corrected chi connectivity index (χ2v) is 15.0. The zero-order valence-electron chi connectivity index (χ0n) is 19.2. The molecule has 0 aromatic rings. The maximum atomic E-state index is 6.09. The lowest BCUT2D eigenvalue weighted by Gasteiger charge is -2.28. The molecule has 8 heteroatoms. The fourth-order valence-electron chi connectivity index (χ4n) is 2.98. The maximum absolute atomic E-state index is 6.09. The van der Waals surface area contributed by atoms with Gasteiger partial charge in [0.2, 0.25) is 0 Å². The van der Waals surface area contributed by atoms with Crippen LogP contribution in [0.4, 0.5) is 0 Å². The molecule has 0 aliphatic heterocycles. The minimum Gasteiger partial charge on any atom is -0.396 e. The summed E-state index contributed by atoms with van der Waals surface area (Å²) in [6.07, 6.45) is 9.99. The van der Waals surface area contributed by atoms with Crippen molar-refractivity contribution in [3.05, 3.63) is 0 Å². The molecule has 0 radical (unpaired) electrons. The van der Waals surface area contributed by atoms with Crippen LogP contribution in [0.1, 0.15) is 92.9 Å². The third kappa shape index (κ3) is 14.1. The van der Waals surface area contributed by atoms with Crippen molar-refractivity contribution in [2.75, 3.05) is 26.4 Å². The highest BCUT2D eigenvalue weighted by atomic mass is 33.1. The Labute approximate surface area is 186 Å². The van der Waals surface area contributed by atoms with E-state index in [2.05, 4.69) is 41.5 Å². The van der Waals surface area contributed by atoms with E-state index >= 15 is 0 Å². The predicted molar refractivity (Wildman–Crippen MR) is 132 cm³/mol. The number of hydrogen-bond donors (Lipinski definition) is 0. The molecule has 2 unspecified atom stereocenters. The zero-order valence-corrected chi connectivity index (χ0v) is 23.2. The van der Waals surface area contributed by atoms with E-state index in [9.17, 15) is 0 Å². The molecule has 0 aromatic heterocycles. The van der Waals surface area contributed by atoms with Gasteiger partial charge in [-0.1, -0.05) is 74.0 Å². The summed E-state index contributed by atoms with van der Waals surface area (Å²) >= 11 is 0. The topological polar surface area (TPSA) is 36.9 Å². The fraction of sp³-hybridized carbons (Fsp3) is 1.00. The van der Waals surface area contributed by atoms with E-state index in [0.717, 1.165) is 26.4 Å². The molecule has 0 bridgehead atoms. The molecule has 0 spiro atoms. The van der Waals surface area contributed by atoms with Crippen LogP contribution in [0.5, 0.6) is 0 Å². The minimum atomic E-state index is -1.67. The molecule has 0 N–H and O–H groups in total. The Hall–Kier alpha value is 0.974. The number of unbranched alkanes of at least 4 members (excludes halogenated alkanes) is 4. The Morgan fingerprint density at radius 2 is 0.857 bits per heavy atom. The SMILES string of the molecule is CCCCCC(SSC(CCCCC)[SiH](OCC)OCC)[SiH](OCC)OCC. The Morgan fingerprint density at radius 1 is 0.536 bits per heavy atom. The summed E-state index contributed by atoms with van der Waals surface area (Å²) in [6, 6.07) is 0. The van der Waals surface area contributed by atoms with Crippen molar-refractivity contribution in [3.8, 4) is 0 Å². The molecule has 170 valence electrons. The average Bonchev–Trinajstić information content (AvgIpc) is 2.69. The van der Waals surface area contributed by atoms with Gasteiger partial charge in [-0.05, 0) is 40.5 Å². The van der Waals surface area contributed by atoms with Crippen LogP contribution in [0.15, 0.2) is 0 Å². The van der Waals surface area contributed by atoms with Gasteiger partial charge in [-0.15, -0.1) is 0 Å². The van der Waals surface area contributed by atoms with Crippen molar-refractivity contribution in [1.29, 1.82) is 0 Å². The van der Waals surface area contributed by atoms with Gasteiger partial charge in [-0.25, -0.2) is 0 Å². The van der Waals surface area contributed by atoms with Crippen LogP contribution >= 0.6 is 21.6 Å². The first-order chi connectivity index (χ1) is 13.7. The Bertz CT molecular complexity index is 289. The molecule has 0 fully saturated rings. The molecular formula is C20H46O4S2Si2. The van der Waals surface area contributed by atoms with E-state index < -0.39 is 18.6 Å². The van der Waals surface area contributed by atoms with Gasteiger partial charge in [0.15, 0.2) is 0 Å². The number of hydrogen-bond acceptors (Lipinski definition) is 6. The van der Waals surface area contributed by atoms with E-state index in [4.69, 9.17) is 17.7 Å². The summed E-state index contributed by atoms with van der Waals surface area (Å²) < 4.78 is 24.4. The monoisotopic (exact) mass is 470 g/mol. The van der Waals surface area contributed by atoms with Crippen LogP contribution in [-0.2, 0) is 17.7 Å². The lowest BCUT2D eigenvalue weighted by molar-refractivity contribution is 0.210. The van der Waals surface area contributed by atoms with Crippen molar-refractivity contribution in [2.45, 2.75) is 103 Å². The molecule has 0 aliphatic carbocycles. The lowest BCUT2D eigenvalue weighted by Crippen LogP contribution is -2.37. The van der Waals surface area contributed by atoms with Gasteiger partial charge >= 0.3 is 18.6 Å². The van der Waals surface area contributed by atoms with Crippen LogP contribution in [0.2, 0.25) is 0 Å². The lowest BCUT2D eigenvalue weighted by atomic mass is 10.2. The summed E-state index contributed by atoms with van der Waals surface area (Å²) in [4.78, 5) is 0.978. The molecular weight excluding hydrogens is 425 g/mol. The molecule has 0 saturated heterocycles. The maximum Gasteiger partial charge on any atom is 0.335 e. The smallest absolute Gasteiger partial charge is 0.335 e. The second-order valence-electron chi connectivity index (χ2n) is 6.82. The molecule has 0 aromatic carbocycles. The standard InChI is InChI=1S/C20H46O4S2Si2/c1-7-13-15-17-19(27(21-9-3)22-10-4)25-26-20(18-16-14-8-2)28(23-11-5)24-12-6/h19-20,27-28H,7-18H2,1-6H3. The van der Waals surface area contributed by atoms with E-state index in [0.29, 0.717) is 9.75 Å². The van der Waals surface area contributed by atoms with Crippen molar-refractivity contribution in [2.24, 2.45) is 0 Å². The molecule has 4 nitrogen and oxygen atoms in total. The first-order valence-electron chi connectivity index (χ1n) is 11.5. The third-order valence-electron chi connectivity index (χ3n) is 4.42. The highest BCUT2D eigenvalue weighted by Crippen LogP contribution is 2.38. The van der Waals surface area contributed by atoms with Gasteiger partial charge in [0.05, 0.1) is 9.75 Å². The summed E-state index contributed by atoms with van der Waals surface area (Å²) in [6.45, 7) is 15.9. The van der Waals surface area contributed by atoms with Crippen molar-refractivity contribution < 1.29 is 17.7 Å². The van der Waals surface area contributed by atoms with E-state index in [1.165, 1.54) is 51.4 Å². The van der Waals surface area contributed by atoms with Crippen LogP contribution in [0, 0.1) is 0 Å². The van der Waals surface area contributed by atoms with Gasteiger partial charge in [0.1, 0.15) is 0 Å².